The average molecular weight is 385 g/mol. The fourth-order valence-electron chi connectivity index (χ4n) is 2.62. The van der Waals surface area contributed by atoms with Crippen molar-refractivity contribution in [3.05, 3.63) is 64.2 Å². The Kier molecular flexibility index (Phi) is 8.27. The van der Waals surface area contributed by atoms with Gasteiger partial charge < -0.3 is 15.4 Å². The summed E-state index contributed by atoms with van der Waals surface area (Å²) in [4.78, 5) is 22.1. The van der Waals surface area contributed by atoms with Crippen LogP contribution in [0.15, 0.2) is 48.5 Å². The first kappa shape index (κ1) is 21.2. The zero-order valence-corrected chi connectivity index (χ0v) is 16.3. The SMILES string of the molecule is CC(C)Oc1ccc(CCNC(=O)CCCNc2ccc([N+](=O)[O-])cc2)cc1. The Morgan fingerprint density at radius 2 is 1.75 bits per heavy atom. The molecule has 0 atom stereocenters. The van der Waals surface area contributed by atoms with Crippen LogP contribution >= 0.6 is 0 Å². The molecule has 7 nitrogen and oxygen atoms in total. The van der Waals surface area contributed by atoms with Gasteiger partial charge in [-0.1, -0.05) is 12.1 Å². The van der Waals surface area contributed by atoms with Crippen molar-refractivity contribution in [3.63, 3.8) is 0 Å². The van der Waals surface area contributed by atoms with Crippen LogP contribution in [0.2, 0.25) is 0 Å². The number of carbonyl (C=O) groups excluding carboxylic acids is 1. The molecule has 0 spiro atoms. The van der Waals surface area contributed by atoms with Gasteiger partial charge in [-0.05, 0) is 56.5 Å². The van der Waals surface area contributed by atoms with Crippen LogP contribution in [0.1, 0.15) is 32.3 Å². The maximum atomic E-state index is 11.9. The third kappa shape index (κ3) is 7.65. The van der Waals surface area contributed by atoms with E-state index in [1.54, 1.807) is 12.1 Å². The summed E-state index contributed by atoms with van der Waals surface area (Å²) in [6.07, 6.45) is 2.04. The Morgan fingerprint density at radius 3 is 2.36 bits per heavy atom. The monoisotopic (exact) mass is 385 g/mol. The van der Waals surface area contributed by atoms with E-state index in [-0.39, 0.29) is 17.7 Å². The lowest BCUT2D eigenvalue weighted by molar-refractivity contribution is -0.384. The summed E-state index contributed by atoms with van der Waals surface area (Å²) in [5.74, 6) is 0.869. The largest absolute Gasteiger partial charge is 0.491 e. The highest BCUT2D eigenvalue weighted by Gasteiger charge is 2.05. The van der Waals surface area contributed by atoms with E-state index in [2.05, 4.69) is 10.6 Å². The number of anilines is 1. The van der Waals surface area contributed by atoms with E-state index >= 15 is 0 Å². The minimum absolute atomic E-state index is 0.0188. The highest BCUT2D eigenvalue weighted by Crippen LogP contribution is 2.15. The molecule has 0 saturated heterocycles. The predicted octanol–water partition coefficient (Wildman–Crippen LogP) is 3.93. The number of nitro groups is 1. The lowest BCUT2D eigenvalue weighted by Crippen LogP contribution is -2.25. The van der Waals surface area contributed by atoms with Crippen LogP contribution in [0.3, 0.4) is 0 Å². The van der Waals surface area contributed by atoms with E-state index in [9.17, 15) is 14.9 Å². The summed E-state index contributed by atoms with van der Waals surface area (Å²) in [5, 5.41) is 16.7. The quantitative estimate of drug-likeness (QED) is 0.347. The van der Waals surface area contributed by atoms with E-state index in [4.69, 9.17) is 4.74 Å². The van der Waals surface area contributed by atoms with Gasteiger partial charge in [0.2, 0.25) is 5.91 Å². The molecule has 2 aromatic carbocycles. The fourth-order valence-corrected chi connectivity index (χ4v) is 2.62. The van der Waals surface area contributed by atoms with Crippen molar-refractivity contribution < 1.29 is 14.5 Å². The molecule has 150 valence electrons. The van der Waals surface area contributed by atoms with Crippen molar-refractivity contribution in [1.29, 1.82) is 0 Å². The standard InChI is InChI=1S/C21H27N3O4/c1-16(2)28-20-11-5-17(6-12-20)13-15-23-21(25)4-3-14-22-18-7-9-19(10-8-18)24(26)27/h5-12,16,22H,3-4,13-15H2,1-2H3,(H,23,25). The molecule has 0 radical (unpaired) electrons. The fraction of sp³-hybridized carbons (Fsp3) is 0.381. The first-order chi connectivity index (χ1) is 13.4. The molecule has 0 aromatic heterocycles. The molecular formula is C21H27N3O4. The number of rotatable bonds is 11. The Labute approximate surface area is 165 Å². The molecule has 0 aliphatic rings. The molecule has 0 aliphatic carbocycles. The number of nitro benzene ring substituents is 1. The summed E-state index contributed by atoms with van der Waals surface area (Å²) in [6.45, 7) is 5.21. The van der Waals surface area contributed by atoms with E-state index in [0.717, 1.165) is 23.4 Å². The molecule has 0 unspecified atom stereocenters. The van der Waals surface area contributed by atoms with Crippen molar-refractivity contribution in [3.8, 4) is 5.75 Å². The van der Waals surface area contributed by atoms with Crippen LogP contribution in [0.5, 0.6) is 5.75 Å². The van der Waals surface area contributed by atoms with Crippen molar-refractivity contribution in [2.24, 2.45) is 0 Å². The molecule has 0 heterocycles. The first-order valence-electron chi connectivity index (χ1n) is 9.44. The zero-order chi connectivity index (χ0) is 20.4. The molecule has 0 bridgehead atoms. The van der Waals surface area contributed by atoms with Crippen LogP contribution in [0.4, 0.5) is 11.4 Å². The summed E-state index contributed by atoms with van der Waals surface area (Å²) in [6, 6.07) is 14.1. The molecule has 2 aromatic rings. The number of benzene rings is 2. The maximum Gasteiger partial charge on any atom is 0.269 e. The third-order valence-electron chi connectivity index (χ3n) is 4.02. The van der Waals surface area contributed by atoms with Gasteiger partial charge in [-0.3, -0.25) is 14.9 Å². The Hall–Kier alpha value is -3.09. The predicted molar refractivity (Wildman–Crippen MR) is 110 cm³/mol. The number of amides is 1. The number of hydrogen-bond acceptors (Lipinski definition) is 5. The van der Waals surface area contributed by atoms with Crippen molar-refractivity contribution in [2.45, 2.75) is 39.2 Å². The molecule has 7 heteroatoms. The molecule has 0 aliphatic heterocycles. The van der Waals surface area contributed by atoms with Gasteiger partial charge >= 0.3 is 0 Å². The van der Waals surface area contributed by atoms with Gasteiger partial charge in [0.05, 0.1) is 11.0 Å². The Bertz CT molecular complexity index is 758. The van der Waals surface area contributed by atoms with Gasteiger partial charge in [0, 0.05) is 37.3 Å². The van der Waals surface area contributed by atoms with E-state index in [1.807, 2.05) is 38.1 Å². The van der Waals surface area contributed by atoms with Gasteiger partial charge in [-0.15, -0.1) is 0 Å². The second kappa shape index (κ2) is 10.9. The second-order valence-corrected chi connectivity index (χ2v) is 6.74. The van der Waals surface area contributed by atoms with Gasteiger partial charge in [-0.25, -0.2) is 0 Å². The van der Waals surface area contributed by atoms with Crippen molar-refractivity contribution >= 4 is 17.3 Å². The highest BCUT2D eigenvalue weighted by molar-refractivity contribution is 5.75. The number of nitrogens with zero attached hydrogens (tertiary/aromatic N) is 1. The summed E-state index contributed by atoms with van der Waals surface area (Å²) in [7, 11) is 0. The van der Waals surface area contributed by atoms with E-state index < -0.39 is 4.92 Å². The maximum absolute atomic E-state index is 11.9. The molecule has 28 heavy (non-hydrogen) atoms. The minimum atomic E-state index is -0.429. The molecule has 2 rings (SSSR count). The lowest BCUT2D eigenvalue weighted by Gasteiger charge is -2.10. The summed E-state index contributed by atoms with van der Waals surface area (Å²) in [5.41, 5.74) is 2.01. The van der Waals surface area contributed by atoms with Gasteiger partial charge in [0.25, 0.3) is 5.69 Å². The van der Waals surface area contributed by atoms with Crippen LogP contribution in [-0.2, 0) is 11.2 Å². The summed E-state index contributed by atoms with van der Waals surface area (Å²) >= 11 is 0. The number of hydrogen-bond donors (Lipinski definition) is 2. The normalized spacial score (nSPS) is 10.5. The van der Waals surface area contributed by atoms with Crippen LogP contribution in [0, 0.1) is 10.1 Å². The van der Waals surface area contributed by atoms with E-state index in [1.165, 1.54) is 12.1 Å². The lowest BCUT2D eigenvalue weighted by atomic mass is 10.1. The summed E-state index contributed by atoms with van der Waals surface area (Å²) < 4.78 is 5.61. The highest BCUT2D eigenvalue weighted by atomic mass is 16.6. The van der Waals surface area contributed by atoms with Gasteiger partial charge in [0.15, 0.2) is 0 Å². The number of carbonyl (C=O) groups is 1. The Morgan fingerprint density at radius 1 is 1.07 bits per heavy atom. The van der Waals surface area contributed by atoms with Crippen molar-refractivity contribution in [2.75, 3.05) is 18.4 Å². The van der Waals surface area contributed by atoms with Crippen LogP contribution < -0.4 is 15.4 Å². The minimum Gasteiger partial charge on any atom is -0.491 e. The second-order valence-electron chi connectivity index (χ2n) is 6.74. The number of nitrogens with one attached hydrogen (secondary N) is 2. The van der Waals surface area contributed by atoms with Gasteiger partial charge in [0.1, 0.15) is 5.75 Å². The Balaban J connectivity index is 1.59. The van der Waals surface area contributed by atoms with Gasteiger partial charge in [-0.2, -0.15) is 0 Å². The average Bonchev–Trinajstić information content (AvgIpc) is 2.66. The molecule has 1 amide bonds. The number of non-ortho nitro benzene ring substituents is 1. The molecular weight excluding hydrogens is 358 g/mol. The van der Waals surface area contributed by atoms with Crippen LogP contribution in [-0.4, -0.2) is 30.0 Å². The topological polar surface area (TPSA) is 93.5 Å². The smallest absolute Gasteiger partial charge is 0.269 e. The molecule has 0 saturated carbocycles. The molecule has 0 fully saturated rings. The zero-order valence-electron chi connectivity index (χ0n) is 16.3. The number of ether oxygens (including phenoxy) is 1. The molecule has 2 N–H and O–H groups in total. The van der Waals surface area contributed by atoms with Crippen molar-refractivity contribution in [1.82, 2.24) is 5.32 Å². The first-order valence-corrected chi connectivity index (χ1v) is 9.44. The van der Waals surface area contributed by atoms with E-state index in [0.29, 0.717) is 25.9 Å². The van der Waals surface area contributed by atoms with Crippen LogP contribution in [0.25, 0.3) is 0 Å². The third-order valence-corrected chi connectivity index (χ3v) is 4.02.